The Balaban J connectivity index is 1.74. The Labute approximate surface area is 211 Å². The Morgan fingerprint density at radius 3 is 2.54 bits per heavy atom. The van der Waals surface area contributed by atoms with Crippen LogP contribution in [0.5, 0.6) is 0 Å². The van der Waals surface area contributed by atoms with E-state index in [0.29, 0.717) is 39.1 Å². The van der Waals surface area contributed by atoms with Crippen LogP contribution >= 0.6 is 11.6 Å². The predicted octanol–water partition coefficient (Wildman–Crippen LogP) is 5.25. The number of hydrogen-bond acceptors (Lipinski definition) is 4. The number of nitrogens with zero attached hydrogens (tertiary/aromatic N) is 2. The van der Waals surface area contributed by atoms with Crippen molar-refractivity contribution in [3.8, 4) is 11.4 Å². The van der Waals surface area contributed by atoms with E-state index in [2.05, 4.69) is 25.2 Å². The van der Waals surface area contributed by atoms with Gasteiger partial charge in [-0.2, -0.15) is 0 Å². The van der Waals surface area contributed by atoms with Gasteiger partial charge in [-0.05, 0) is 81.2 Å². The number of fused-ring (bicyclic) bond motifs is 1. The zero-order valence-electron chi connectivity index (χ0n) is 21.0. The molecule has 0 aliphatic heterocycles. The van der Waals surface area contributed by atoms with Gasteiger partial charge in [0, 0.05) is 22.2 Å². The summed E-state index contributed by atoms with van der Waals surface area (Å²) < 4.78 is 1.46. The van der Waals surface area contributed by atoms with Gasteiger partial charge in [-0.15, -0.1) is 0 Å². The summed E-state index contributed by atoms with van der Waals surface area (Å²) in [5, 5.41) is 3.94. The Morgan fingerprint density at radius 2 is 1.91 bits per heavy atom. The number of nitrogens with two attached hydrogens (primary N) is 1. The number of nitrogens with one attached hydrogen (secondary N) is 1. The molecule has 1 aromatic heterocycles. The zero-order valence-corrected chi connectivity index (χ0v) is 21.7. The minimum Gasteiger partial charge on any atom is -0.352 e. The molecule has 3 aromatic rings. The van der Waals surface area contributed by atoms with Crippen molar-refractivity contribution in [2.45, 2.75) is 77.4 Å². The average Bonchev–Trinajstić information content (AvgIpc) is 2.79. The third kappa shape index (κ3) is 5.14. The maximum absolute atomic E-state index is 13.7. The lowest BCUT2D eigenvalue weighted by atomic mass is 9.61. The van der Waals surface area contributed by atoms with Gasteiger partial charge in [0.2, 0.25) is 5.91 Å². The van der Waals surface area contributed by atoms with Crippen LogP contribution in [0.15, 0.2) is 47.3 Å². The Bertz CT molecular complexity index is 1290. The second kappa shape index (κ2) is 10.1. The molecule has 1 fully saturated rings. The first-order valence-corrected chi connectivity index (χ1v) is 12.9. The quantitative estimate of drug-likeness (QED) is 0.447. The summed E-state index contributed by atoms with van der Waals surface area (Å²) in [6.07, 6.45) is 4.00. The Morgan fingerprint density at radius 1 is 1.20 bits per heavy atom. The standard InChI is InChI=1S/C28H35ClN4O2/c1-5-28(30,6-2)21-12-20(13-21)18-10-11-24-23(15-18)27(35)33(16-25(34)31-17(3)4)26(32-24)19-8-7-9-22(29)14-19/h7-11,14-15,17,20-21H,5-6,12-13,16,30H2,1-4H3,(H,31,34). The normalized spacial score (nSPS) is 18.0. The van der Waals surface area contributed by atoms with Crippen molar-refractivity contribution in [1.29, 1.82) is 0 Å². The maximum atomic E-state index is 13.7. The molecular formula is C28H35ClN4O2. The van der Waals surface area contributed by atoms with Crippen molar-refractivity contribution in [3.63, 3.8) is 0 Å². The predicted molar refractivity (Wildman–Crippen MR) is 143 cm³/mol. The highest BCUT2D eigenvalue weighted by Crippen LogP contribution is 2.48. The summed E-state index contributed by atoms with van der Waals surface area (Å²) in [6, 6.07) is 13.1. The van der Waals surface area contributed by atoms with Crippen molar-refractivity contribution in [3.05, 3.63) is 63.4 Å². The third-order valence-electron chi connectivity index (χ3n) is 7.55. The van der Waals surface area contributed by atoms with Crippen LogP contribution in [0.3, 0.4) is 0 Å². The minimum absolute atomic E-state index is 0.0275. The highest BCUT2D eigenvalue weighted by atomic mass is 35.5. The zero-order chi connectivity index (χ0) is 25.3. The molecule has 1 saturated carbocycles. The van der Waals surface area contributed by atoms with Crippen molar-refractivity contribution < 1.29 is 4.79 Å². The van der Waals surface area contributed by atoms with Crippen LogP contribution in [0.4, 0.5) is 0 Å². The highest BCUT2D eigenvalue weighted by molar-refractivity contribution is 6.30. The number of amides is 1. The molecule has 0 unspecified atom stereocenters. The third-order valence-corrected chi connectivity index (χ3v) is 7.79. The van der Waals surface area contributed by atoms with Crippen LogP contribution in [0.25, 0.3) is 22.3 Å². The molecule has 3 N–H and O–H groups in total. The summed E-state index contributed by atoms with van der Waals surface area (Å²) in [5.74, 6) is 1.08. The Kier molecular flexibility index (Phi) is 7.34. The van der Waals surface area contributed by atoms with Crippen LogP contribution in [-0.2, 0) is 11.3 Å². The molecule has 6 nitrogen and oxygen atoms in total. The maximum Gasteiger partial charge on any atom is 0.262 e. The van der Waals surface area contributed by atoms with E-state index in [0.717, 1.165) is 31.2 Å². The van der Waals surface area contributed by atoms with E-state index < -0.39 is 0 Å². The van der Waals surface area contributed by atoms with Gasteiger partial charge >= 0.3 is 0 Å². The summed E-state index contributed by atoms with van der Waals surface area (Å²) in [5.41, 5.74) is 8.73. The van der Waals surface area contributed by atoms with E-state index in [9.17, 15) is 9.59 Å². The molecule has 0 saturated heterocycles. The molecule has 0 bridgehead atoms. The number of halogens is 1. The van der Waals surface area contributed by atoms with E-state index >= 15 is 0 Å². The topological polar surface area (TPSA) is 90.0 Å². The van der Waals surface area contributed by atoms with Crippen molar-refractivity contribution >= 4 is 28.4 Å². The lowest BCUT2D eigenvalue weighted by Gasteiger charge is -2.47. The summed E-state index contributed by atoms with van der Waals surface area (Å²) in [7, 11) is 0. The van der Waals surface area contributed by atoms with E-state index in [1.165, 1.54) is 4.57 Å². The lowest BCUT2D eigenvalue weighted by molar-refractivity contribution is -0.122. The summed E-state index contributed by atoms with van der Waals surface area (Å²) in [4.78, 5) is 31.2. The largest absolute Gasteiger partial charge is 0.352 e. The molecule has 0 atom stereocenters. The molecule has 1 amide bonds. The van der Waals surface area contributed by atoms with Gasteiger partial charge in [0.1, 0.15) is 12.4 Å². The van der Waals surface area contributed by atoms with Gasteiger partial charge in [0.05, 0.1) is 10.9 Å². The molecule has 186 valence electrons. The summed E-state index contributed by atoms with van der Waals surface area (Å²) >= 11 is 6.22. The van der Waals surface area contributed by atoms with Crippen molar-refractivity contribution in [2.75, 3.05) is 0 Å². The molecule has 1 aliphatic carbocycles. The molecule has 1 aliphatic rings. The average molecular weight is 495 g/mol. The number of aromatic nitrogens is 2. The van der Waals surface area contributed by atoms with Crippen molar-refractivity contribution in [2.24, 2.45) is 11.7 Å². The van der Waals surface area contributed by atoms with Gasteiger partial charge in [0.25, 0.3) is 5.56 Å². The SMILES string of the molecule is CCC(N)(CC)C1CC(c2ccc3nc(-c4cccc(Cl)c4)n(CC(=O)NC(C)C)c(=O)c3c2)C1. The van der Waals surface area contributed by atoms with E-state index in [1.54, 1.807) is 12.1 Å². The number of carbonyl (C=O) groups is 1. The fraction of sp³-hybridized carbons (Fsp3) is 0.464. The monoisotopic (exact) mass is 494 g/mol. The Hall–Kier alpha value is -2.70. The van der Waals surface area contributed by atoms with E-state index in [1.807, 2.05) is 38.1 Å². The smallest absolute Gasteiger partial charge is 0.262 e. The molecular weight excluding hydrogens is 460 g/mol. The van der Waals surface area contributed by atoms with Gasteiger partial charge in [-0.1, -0.05) is 43.6 Å². The second-order valence-corrected chi connectivity index (χ2v) is 10.6. The number of hydrogen-bond donors (Lipinski definition) is 2. The van der Waals surface area contributed by atoms with Gasteiger partial charge in [0.15, 0.2) is 0 Å². The first kappa shape index (κ1) is 25.4. The number of rotatable bonds is 8. The summed E-state index contributed by atoms with van der Waals surface area (Å²) in [6.45, 7) is 7.99. The van der Waals surface area contributed by atoms with E-state index in [4.69, 9.17) is 22.3 Å². The first-order chi connectivity index (χ1) is 16.6. The van der Waals surface area contributed by atoms with Crippen LogP contribution in [0.2, 0.25) is 5.02 Å². The lowest BCUT2D eigenvalue weighted by Crippen LogP contribution is -2.50. The molecule has 1 heterocycles. The van der Waals surface area contributed by atoms with Gasteiger partial charge in [-0.3, -0.25) is 14.2 Å². The number of benzene rings is 2. The molecule has 0 spiro atoms. The molecule has 4 rings (SSSR count). The van der Waals surface area contributed by atoms with Crippen LogP contribution < -0.4 is 16.6 Å². The molecule has 2 aromatic carbocycles. The minimum atomic E-state index is -0.233. The van der Waals surface area contributed by atoms with Gasteiger partial charge in [-0.25, -0.2) is 4.98 Å². The molecule has 7 heteroatoms. The van der Waals surface area contributed by atoms with Crippen LogP contribution in [-0.4, -0.2) is 27.0 Å². The number of carbonyl (C=O) groups excluding carboxylic acids is 1. The fourth-order valence-electron chi connectivity index (χ4n) is 5.19. The van der Waals surface area contributed by atoms with Crippen LogP contribution in [0, 0.1) is 5.92 Å². The van der Waals surface area contributed by atoms with Crippen molar-refractivity contribution in [1.82, 2.24) is 14.9 Å². The highest BCUT2D eigenvalue weighted by Gasteiger charge is 2.41. The van der Waals surface area contributed by atoms with Crippen LogP contribution in [0.1, 0.15) is 64.9 Å². The van der Waals surface area contributed by atoms with Gasteiger partial charge < -0.3 is 11.1 Å². The second-order valence-electron chi connectivity index (χ2n) is 10.1. The molecule has 35 heavy (non-hydrogen) atoms. The van der Waals surface area contributed by atoms with E-state index in [-0.39, 0.29) is 29.6 Å². The first-order valence-electron chi connectivity index (χ1n) is 12.5. The molecule has 0 radical (unpaired) electrons. The fourth-order valence-corrected chi connectivity index (χ4v) is 5.38.